The van der Waals surface area contributed by atoms with Gasteiger partial charge in [0.25, 0.3) is 5.91 Å². The van der Waals surface area contributed by atoms with Gasteiger partial charge in [0.05, 0.1) is 11.3 Å². The number of halogens is 2. The van der Waals surface area contributed by atoms with E-state index in [2.05, 4.69) is 37.2 Å². The maximum absolute atomic E-state index is 12.3. The van der Waals surface area contributed by atoms with Gasteiger partial charge in [0.15, 0.2) is 0 Å². The Kier molecular flexibility index (Phi) is 4.80. The lowest BCUT2D eigenvalue weighted by Crippen LogP contribution is -2.14. The van der Waals surface area contributed by atoms with E-state index in [9.17, 15) is 9.59 Å². The molecule has 108 valence electrons. The largest absolute Gasteiger partial charge is 0.478 e. The van der Waals surface area contributed by atoms with Crippen molar-refractivity contribution in [3.8, 4) is 0 Å². The van der Waals surface area contributed by atoms with Crippen LogP contribution in [0.25, 0.3) is 0 Å². The minimum atomic E-state index is -1.02. The number of hydrogen-bond donors (Lipinski definition) is 2. The first kappa shape index (κ1) is 15.7. The topological polar surface area (TPSA) is 66.4 Å². The van der Waals surface area contributed by atoms with Gasteiger partial charge in [-0.3, -0.25) is 4.79 Å². The van der Waals surface area contributed by atoms with E-state index in [1.165, 1.54) is 12.1 Å². The summed E-state index contributed by atoms with van der Waals surface area (Å²) < 4.78 is 1.43. The van der Waals surface area contributed by atoms with Crippen molar-refractivity contribution in [3.63, 3.8) is 0 Å². The van der Waals surface area contributed by atoms with Crippen molar-refractivity contribution < 1.29 is 14.7 Å². The molecule has 0 aliphatic heterocycles. The number of carboxylic acids is 1. The first-order valence-corrected chi connectivity index (χ1v) is 7.57. The molecule has 1 amide bonds. The molecule has 2 N–H and O–H groups in total. The minimum absolute atomic E-state index is 0.152. The van der Waals surface area contributed by atoms with Crippen LogP contribution in [-0.4, -0.2) is 17.0 Å². The van der Waals surface area contributed by atoms with E-state index in [0.29, 0.717) is 15.7 Å². The summed E-state index contributed by atoms with van der Waals surface area (Å²) in [6, 6.07) is 9.83. The fraction of sp³-hybridized carbons (Fsp3) is 0.0667. The third-order valence-corrected chi connectivity index (χ3v) is 4.05. The fourth-order valence-corrected chi connectivity index (χ4v) is 2.77. The van der Waals surface area contributed by atoms with Crippen LogP contribution in [0.3, 0.4) is 0 Å². The van der Waals surface area contributed by atoms with E-state index in [1.807, 2.05) is 13.0 Å². The third-order valence-electron chi connectivity index (χ3n) is 2.90. The number of carbonyl (C=O) groups is 2. The molecule has 0 saturated carbocycles. The Bertz CT molecular complexity index is 729. The number of anilines is 1. The average molecular weight is 413 g/mol. The van der Waals surface area contributed by atoms with Crippen LogP contribution in [0.15, 0.2) is 45.3 Å². The predicted octanol–water partition coefficient (Wildman–Crippen LogP) is 4.47. The normalized spacial score (nSPS) is 10.2. The standard InChI is InChI=1S/C15H11Br2NO3/c1-8-6-10(16)3-4-11(8)14(19)18-13-5-2-9(15(20)21)7-12(13)17/h2-7H,1H3,(H,18,19)(H,20,21). The Morgan fingerprint density at radius 3 is 2.38 bits per heavy atom. The summed E-state index contributed by atoms with van der Waals surface area (Å²) in [7, 11) is 0. The molecule has 0 aromatic heterocycles. The molecule has 0 fully saturated rings. The van der Waals surface area contributed by atoms with Crippen LogP contribution < -0.4 is 5.32 Å². The maximum atomic E-state index is 12.3. The minimum Gasteiger partial charge on any atom is -0.478 e. The molecular formula is C15H11Br2NO3. The lowest BCUT2D eigenvalue weighted by molar-refractivity contribution is 0.0696. The van der Waals surface area contributed by atoms with Gasteiger partial charge in [0.1, 0.15) is 0 Å². The number of carbonyl (C=O) groups excluding carboxylic acids is 1. The van der Waals surface area contributed by atoms with Crippen molar-refractivity contribution in [2.75, 3.05) is 5.32 Å². The van der Waals surface area contributed by atoms with Gasteiger partial charge in [-0.1, -0.05) is 15.9 Å². The number of rotatable bonds is 3. The highest BCUT2D eigenvalue weighted by molar-refractivity contribution is 9.10. The molecule has 4 nitrogen and oxygen atoms in total. The second-order valence-corrected chi connectivity index (χ2v) is 6.18. The summed E-state index contributed by atoms with van der Waals surface area (Å²) in [6.45, 7) is 1.85. The van der Waals surface area contributed by atoms with E-state index in [-0.39, 0.29) is 11.5 Å². The van der Waals surface area contributed by atoms with Gasteiger partial charge in [-0.15, -0.1) is 0 Å². The van der Waals surface area contributed by atoms with Crippen LogP contribution in [0.2, 0.25) is 0 Å². The lowest BCUT2D eigenvalue weighted by Gasteiger charge is -2.10. The Balaban J connectivity index is 2.25. The highest BCUT2D eigenvalue weighted by Gasteiger charge is 2.12. The van der Waals surface area contributed by atoms with Crippen LogP contribution in [0.5, 0.6) is 0 Å². The molecule has 6 heteroatoms. The average Bonchev–Trinajstić information content (AvgIpc) is 2.40. The van der Waals surface area contributed by atoms with Gasteiger partial charge in [-0.2, -0.15) is 0 Å². The summed E-state index contributed by atoms with van der Waals surface area (Å²) in [5.41, 5.74) is 2.08. The highest BCUT2D eigenvalue weighted by atomic mass is 79.9. The van der Waals surface area contributed by atoms with Gasteiger partial charge in [-0.25, -0.2) is 4.79 Å². The summed E-state index contributed by atoms with van der Waals surface area (Å²) in [5, 5.41) is 11.7. The summed E-state index contributed by atoms with van der Waals surface area (Å²) in [6.07, 6.45) is 0. The van der Waals surface area contributed by atoms with E-state index in [1.54, 1.807) is 18.2 Å². The number of amides is 1. The number of carboxylic acid groups (broad SMARTS) is 1. The SMILES string of the molecule is Cc1cc(Br)ccc1C(=O)Nc1ccc(C(=O)O)cc1Br. The zero-order chi connectivity index (χ0) is 15.6. The van der Waals surface area contributed by atoms with Crippen molar-refractivity contribution in [2.45, 2.75) is 6.92 Å². The van der Waals surface area contributed by atoms with Gasteiger partial charge < -0.3 is 10.4 Å². The highest BCUT2D eigenvalue weighted by Crippen LogP contribution is 2.25. The van der Waals surface area contributed by atoms with Gasteiger partial charge in [-0.05, 0) is 64.8 Å². The number of aryl methyl sites for hydroxylation is 1. The summed E-state index contributed by atoms with van der Waals surface area (Å²) >= 11 is 6.61. The first-order valence-electron chi connectivity index (χ1n) is 5.99. The monoisotopic (exact) mass is 411 g/mol. The number of aromatic carboxylic acids is 1. The first-order chi connectivity index (χ1) is 9.88. The molecule has 2 aromatic rings. The van der Waals surface area contributed by atoms with Crippen LogP contribution in [0.4, 0.5) is 5.69 Å². The Labute approximate surface area is 138 Å². The quantitative estimate of drug-likeness (QED) is 0.781. The number of nitrogens with one attached hydrogen (secondary N) is 1. The molecule has 0 atom stereocenters. The molecule has 0 spiro atoms. The molecule has 0 aliphatic carbocycles. The molecule has 0 saturated heterocycles. The van der Waals surface area contributed by atoms with Crippen LogP contribution in [0, 0.1) is 6.92 Å². The third kappa shape index (κ3) is 3.71. The Morgan fingerprint density at radius 1 is 1.10 bits per heavy atom. The molecule has 0 heterocycles. The van der Waals surface area contributed by atoms with Crippen molar-refractivity contribution >= 4 is 49.4 Å². The van der Waals surface area contributed by atoms with Crippen LogP contribution in [0.1, 0.15) is 26.3 Å². The smallest absolute Gasteiger partial charge is 0.335 e. The van der Waals surface area contributed by atoms with Crippen molar-refractivity contribution in [1.82, 2.24) is 0 Å². The maximum Gasteiger partial charge on any atom is 0.335 e. The molecule has 0 radical (unpaired) electrons. The Hall–Kier alpha value is -1.66. The lowest BCUT2D eigenvalue weighted by atomic mass is 10.1. The van der Waals surface area contributed by atoms with Crippen LogP contribution >= 0.6 is 31.9 Å². The van der Waals surface area contributed by atoms with E-state index < -0.39 is 5.97 Å². The zero-order valence-corrected chi connectivity index (χ0v) is 14.2. The van der Waals surface area contributed by atoms with Gasteiger partial charge in [0.2, 0.25) is 0 Å². The molecule has 0 aliphatic rings. The van der Waals surface area contributed by atoms with Crippen LogP contribution in [-0.2, 0) is 0 Å². The van der Waals surface area contributed by atoms with Crippen molar-refractivity contribution in [3.05, 3.63) is 62.0 Å². The molecule has 21 heavy (non-hydrogen) atoms. The van der Waals surface area contributed by atoms with Crippen molar-refractivity contribution in [1.29, 1.82) is 0 Å². The van der Waals surface area contributed by atoms with Crippen molar-refractivity contribution in [2.24, 2.45) is 0 Å². The summed E-state index contributed by atoms with van der Waals surface area (Å²) in [4.78, 5) is 23.1. The predicted molar refractivity (Wildman–Crippen MR) is 87.9 cm³/mol. The molecular weight excluding hydrogens is 402 g/mol. The van der Waals surface area contributed by atoms with E-state index in [0.717, 1.165) is 10.0 Å². The van der Waals surface area contributed by atoms with E-state index in [4.69, 9.17) is 5.11 Å². The summed E-state index contributed by atoms with van der Waals surface area (Å²) in [5.74, 6) is -1.26. The second-order valence-electron chi connectivity index (χ2n) is 4.41. The van der Waals surface area contributed by atoms with Gasteiger partial charge in [0, 0.05) is 14.5 Å². The second kappa shape index (κ2) is 6.41. The molecule has 0 bridgehead atoms. The fourth-order valence-electron chi connectivity index (χ4n) is 1.82. The zero-order valence-electron chi connectivity index (χ0n) is 11.0. The van der Waals surface area contributed by atoms with E-state index >= 15 is 0 Å². The molecule has 0 unspecified atom stereocenters. The Morgan fingerprint density at radius 2 is 1.81 bits per heavy atom. The molecule has 2 rings (SSSR count). The number of hydrogen-bond acceptors (Lipinski definition) is 2. The number of benzene rings is 2. The molecule has 2 aromatic carbocycles. The van der Waals surface area contributed by atoms with Gasteiger partial charge >= 0.3 is 5.97 Å².